The first-order valence-corrected chi connectivity index (χ1v) is 12.9. The van der Waals surface area contributed by atoms with Gasteiger partial charge in [-0.1, -0.05) is 0 Å². The Labute approximate surface area is 207 Å². The average Bonchev–Trinajstić information content (AvgIpc) is 3.37. The van der Waals surface area contributed by atoms with Gasteiger partial charge in [0.05, 0.1) is 18.3 Å². The standard InChI is InChI=1S/C26H28N6O2S/c1-30-23-20(9-16(11-22(23)34-2)25(33)31-7-3-4-18(28)14-31)29-24(30)21-10-17-8-19(12-27)35-26(17)32(21)13-15-5-6-15/h8-11,15,18H,3-7,13-14,28H2,1-2H3/t18-/m1/s1. The Bertz CT molecular complexity index is 1500. The zero-order valence-electron chi connectivity index (χ0n) is 20.0. The molecule has 0 spiro atoms. The molecule has 8 nitrogen and oxygen atoms in total. The molecule has 1 aromatic carbocycles. The van der Waals surface area contributed by atoms with Gasteiger partial charge in [-0.2, -0.15) is 5.26 Å². The molecule has 35 heavy (non-hydrogen) atoms. The van der Waals surface area contributed by atoms with Gasteiger partial charge in [-0.15, -0.1) is 11.3 Å². The molecular formula is C26H28N6O2S. The molecule has 2 N–H and O–H groups in total. The van der Waals surface area contributed by atoms with Gasteiger partial charge in [0.25, 0.3) is 5.91 Å². The van der Waals surface area contributed by atoms with Crippen LogP contribution in [0.2, 0.25) is 0 Å². The first-order valence-electron chi connectivity index (χ1n) is 12.1. The summed E-state index contributed by atoms with van der Waals surface area (Å²) in [4.78, 5) is 22.0. The number of ether oxygens (including phenoxy) is 1. The number of fused-ring (bicyclic) bond motifs is 2. The third-order valence-corrected chi connectivity index (χ3v) is 8.27. The number of hydrogen-bond acceptors (Lipinski definition) is 6. The topological polar surface area (TPSA) is 102 Å². The lowest BCUT2D eigenvalue weighted by molar-refractivity contribution is 0.0708. The largest absolute Gasteiger partial charge is 0.494 e. The van der Waals surface area contributed by atoms with Crippen molar-refractivity contribution in [2.24, 2.45) is 18.7 Å². The van der Waals surface area contributed by atoms with E-state index in [2.05, 4.69) is 16.7 Å². The second-order valence-electron chi connectivity index (χ2n) is 9.76. The minimum atomic E-state index is -0.0331. The van der Waals surface area contributed by atoms with E-state index in [4.69, 9.17) is 15.5 Å². The highest BCUT2D eigenvalue weighted by molar-refractivity contribution is 7.19. The number of aromatic nitrogens is 3. The van der Waals surface area contributed by atoms with Crippen molar-refractivity contribution >= 4 is 38.5 Å². The zero-order chi connectivity index (χ0) is 24.3. The van der Waals surface area contributed by atoms with Gasteiger partial charge in [0.1, 0.15) is 27.0 Å². The van der Waals surface area contributed by atoms with Crippen molar-refractivity contribution < 1.29 is 9.53 Å². The third kappa shape index (κ3) is 3.77. The first-order chi connectivity index (χ1) is 17.0. The number of benzene rings is 1. The monoisotopic (exact) mass is 488 g/mol. The van der Waals surface area contributed by atoms with Gasteiger partial charge in [0, 0.05) is 43.7 Å². The van der Waals surface area contributed by atoms with Crippen LogP contribution in [0.5, 0.6) is 5.75 Å². The Morgan fingerprint density at radius 3 is 2.83 bits per heavy atom. The van der Waals surface area contributed by atoms with Crippen LogP contribution in [0.25, 0.3) is 32.8 Å². The summed E-state index contributed by atoms with van der Waals surface area (Å²) in [7, 11) is 3.61. The number of hydrogen-bond donors (Lipinski definition) is 1. The number of carbonyl (C=O) groups excluding carboxylic acids is 1. The molecule has 0 unspecified atom stereocenters. The predicted octanol–water partition coefficient (Wildman–Crippen LogP) is 4.11. The molecule has 180 valence electrons. The predicted molar refractivity (Wildman–Crippen MR) is 137 cm³/mol. The van der Waals surface area contributed by atoms with E-state index < -0.39 is 0 Å². The summed E-state index contributed by atoms with van der Waals surface area (Å²) in [5, 5.41) is 10.5. The highest BCUT2D eigenvalue weighted by Crippen LogP contribution is 2.40. The Morgan fingerprint density at radius 2 is 2.11 bits per heavy atom. The van der Waals surface area contributed by atoms with E-state index in [1.165, 1.54) is 24.2 Å². The van der Waals surface area contributed by atoms with Crippen LogP contribution in [-0.4, -0.2) is 51.2 Å². The third-order valence-electron chi connectivity index (χ3n) is 7.19. The number of amides is 1. The molecule has 2 aliphatic rings. The molecule has 9 heteroatoms. The number of imidazole rings is 1. The lowest BCUT2D eigenvalue weighted by atomic mass is 10.0. The number of piperidine rings is 1. The molecule has 1 aliphatic heterocycles. The highest BCUT2D eigenvalue weighted by atomic mass is 32.1. The van der Waals surface area contributed by atoms with E-state index >= 15 is 0 Å². The van der Waals surface area contributed by atoms with Crippen molar-refractivity contribution in [3.63, 3.8) is 0 Å². The fourth-order valence-electron chi connectivity index (χ4n) is 5.22. The lowest BCUT2D eigenvalue weighted by Crippen LogP contribution is -2.45. The van der Waals surface area contributed by atoms with Crippen LogP contribution in [-0.2, 0) is 13.6 Å². The fraction of sp³-hybridized carbons (Fsp3) is 0.423. The average molecular weight is 489 g/mol. The summed E-state index contributed by atoms with van der Waals surface area (Å²) in [6, 6.07) is 10.1. The van der Waals surface area contributed by atoms with Gasteiger partial charge < -0.3 is 24.5 Å². The zero-order valence-corrected chi connectivity index (χ0v) is 20.8. The smallest absolute Gasteiger partial charge is 0.254 e. The van der Waals surface area contributed by atoms with Crippen molar-refractivity contribution in [3.05, 3.63) is 34.7 Å². The Hall–Kier alpha value is -3.35. The van der Waals surface area contributed by atoms with Crippen LogP contribution < -0.4 is 10.5 Å². The van der Waals surface area contributed by atoms with E-state index in [0.717, 1.165) is 63.6 Å². The second-order valence-corrected chi connectivity index (χ2v) is 10.8. The van der Waals surface area contributed by atoms with E-state index in [0.29, 0.717) is 23.8 Å². The molecule has 1 saturated heterocycles. The second kappa shape index (κ2) is 8.40. The molecule has 2 fully saturated rings. The summed E-state index contributed by atoms with van der Waals surface area (Å²) in [6.45, 7) is 2.21. The Balaban J connectivity index is 1.47. The van der Waals surface area contributed by atoms with Gasteiger partial charge in [-0.3, -0.25) is 4.79 Å². The van der Waals surface area contributed by atoms with Gasteiger partial charge in [-0.25, -0.2) is 4.98 Å². The number of likely N-dealkylation sites (tertiary alicyclic amines) is 1. The summed E-state index contributed by atoms with van der Waals surface area (Å²) < 4.78 is 10.1. The number of rotatable bonds is 5. The maximum Gasteiger partial charge on any atom is 0.254 e. The molecule has 1 atom stereocenters. The molecular weight excluding hydrogens is 460 g/mol. The Morgan fingerprint density at radius 1 is 1.29 bits per heavy atom. The van der Waals surface area contributed by atoms with Crippen molar-refractivity contribution in [2.75, 3.05) is 20.2 Å². The first kappa shape index (κ1) is 22.1. The maximum absolute atomic E-state index is 13.3. The molecule has 1 saturated carbocycles. The number of aryl methyl sites for hydroxylation is 1. The van der Waals surface area contributed by atoms with Crippen molar-refractivity contribution in [2.45, 2.75) is 38.3 Å². The van der Waals surface area contributed by atoms with E-state index in [9.17, 15) is 10.1 Å². The number of nitrogens with zero attached hydrogens (tertiary/aromatic N) is 5. The number of thiophene rings is 1. The fourth-order valence-corrected chi connectivity index (χ4v) is 6.18. The lowest BCUT2D eigenvalue weighted by Gasteiger charge is -2.30. The number of nitriles is 1. The highest BCUT2D eigenvalue weighted by Gasteiger charge is 2.28. The molecule has 4 heterocycles. The van der Waals surface area contributed by atoms with Crippen LogP contribution in [0.4, 0.5) is 0 Å². The van der Waals surface area contributed by atoms with E-state index in [1.54, 1.807) is 7.11 Å². The van der Waals surface area contributed by atoms with Gasteiger partial charge in [0.15, 0.2) is 5.82 Å². The van der Waals surface area contributed by atoms with Crippen LogP contribution in [0.15, 0.2) is 24.3 Å². The quantitative estimate of drug-likeness (QED) is 0.455. The van der Waals surface area contributed by atoms with Gasteiger partial charge in [0.2, 0.25) is 0 Å². The number of carbonyl (C=O) groups is 1. The molecule has 4 aromatic rings. The number of nitrogens with two attached hydrogens (primary N) is 1. The summed E-state index contributed by atoms with van der Waals surface area (Å²) in [5.41, 5.74) is 9.30. The van der Waals surface area contributed by atoms with Crippen LogP contribution in [0.3, 0.4) is 0 Å². The minimum Gasteiger partial charge on any atom is -0.494 e. The van der Waals surface area contributed by atoms with E-state index in [1.807, 2.05) is 34.7 Å². The molecule has 3 aromatic heterocycles. The van der Waals surface area contributed by atoms with Gasteiger partial charge >= 0.3 is 0 Å². The summed E-state index contributed by atoms with van der Waals surface area (Å²) in [6.07, 6.45) is 4.33. The molecule has 1 aliphatic carbocycles. The molecule has 1 amide bonds. The maximum atomic E-state index is 13.3. The van der Waals surface area contributed by atoms with Crippen molar-refractivity contribution in [1.82, 2.24) is 19.0 Å². The van der Waals surface area contributed by atoms with Crippen LogP contribution >= 0.6 is 11.3 Å². The molecule has 0 bridgehead atoms. The van der Waals surface area contributed by atoms with Crippen molar-refractivity contribution in [1.29, 1.82) is 5.26 Å². The Kier molecular flexibility index (Phi) is 5.31. The SMILES string of the molecule is COc1cc(C(=O)N2CCC[C@@H](N)C2)cc2nc(-c3cc4cc(C#N)sc4n3CC3CC3)n(C)c12. The summed E-state index contributed by atoms with van der Waals surface area (Å²) in [5.74, 6) is 2.09. The minimum absolute atomic E-state index is 0.0226. The molecule has 0 radical (unpaired) electrons. The van der Waals surface area contributed by atoms with Crippen LogP contribution in [0.1, 0.15) is 40.9 Å². The van der Waals surface area contributed by atoms with Crippen molar-refractivity contribution in [3.8, 4) is 23.3 Å². The molecule has 6 rings (SSSR count). The summed E-state index contributed by atoms with van der Waals surface area (Å²) >= 11 is 1.53. The number of methoxy groups -OCH3 is 1. The van der Waals surface area contributed by atoms with Gasteiger partial charge in [-0.05, 0) is 55.9 Å². The van der Waals surface area contributed by atoms with E-state index in [-0.39, 0.29) is 11.9 Å². The normalized spacial score (nSPS) is 18.3. The van der Waals surface area contributed by atoms with Crippen LogP contribution in [0, 0.1) is 17.2 Å².